The predicted octanol–water partition coefficient (Wildman–Crippen LogP) is 2.61. The van der Waals surface area contributed by atoms with Crippen LogP contribution in [0.15, 0.2) is 16.6 Å². The summed E-state index contributed by atoms with van der Waals surface area (Å²) in [6.07, 6.45) is -0.687. The third-order valence-electron chi connectivity index (χ3n) is 1.92. The molecule has 6 heteroatoms. The summed E-state index contributed by atoms with van der Waals surface area (Å²) in [6, 6.07) is 2.60. The maximum Gasteiger partial charge on any atom is 0.156 e. The Morgan fingerprint density at radius 1 is 1.62 bits per heavy atom. The zero-order valence-electron chi connectivity index (χ0n) is 8.64. The monoisotopic (exact) mass is 311 g/mol. The highest BCUT2D eigenvalue weighted by Gasteiger charge is 2.11. The smallest absolute Gasteiger partial charge is 0.156 e. The van der Waals surface area contributed by atoms with E-state index in [1.807, 2.05) is 0 Å². The van der Waals surface area contributed by atoms with E-state index in [0.29, 0.717) is 15.9 Å². The fourth-order valence-electron chi connectivity index (χ4n) is 1.18. The molecular formula is C10H12BrClFNO2. The molecule has 0 aliphatic carbocycles. The molecule has 1 aromatic carbocycles. The van der Waals surface area contributed by atoms with Gasteiger partial charge in [0.1, 0.15) is 5.82 Å². The Bertz CT molecular complexity index is 365. The van der Waals surface area contributed by atoms with Gasteiger partial charge in [-0.25, -0.2) is 4.39 Å². The van der Waals surface area contributed by atoms with Gasteiger partial charge in [0.2, 0.25) is 0 Å². The van der Waals surface area contributed by atoms with Gasteiger partial charge in [-0.1, -0.05) is 0 Å². The molecule has 0 fully saturated rings. The molecule has 0 heterocycles. The third-order valence-corrected chi connectivity index (χ3v) is 2.86. The molecule has 0 saturated carbocycles. The molecule has 3 nitrogen and oxygen atoms in total. The molecular weight excluding hydrogens is 300 g/mol. The van der Waals surface area contributed by atoms with Crippen molar-refractivity contribution in [2.75, 3.05) is 24.9 Å². The second-order valence-corrected chi connectivity index (χ2v) is 4.32. The fourth-order valence-corrected chi connectivity index (χ4v) is 1.88. The van der Waals surface area contributed by atoms with Gasteiger partial charge in [-0.15, -0.1) is 11.6 Å². The van der Waals surface area contributed by atoms with Crippen LogP contribution < -0.4 is 10.1 Å². The minimum absolute atomic E-state index is 0.117. The van der Waals surface area contributed by atoms with E-state index >= 15 is 0 Å². The Morgan fingerprint density at radius 2 is 2.31 bits per heavy atom. The standard InChI is InChI=1S/C10H12BrClFNO2/c1-16-10-8(11)2-6(13)3-9(10)14-5-7(15)4-12/h2-3,7,14-15H,4-5H2,1H3. The van der Waals surface area contributed by atoms with Crippen LogP contribution in [0.2, 0.25) is 0 Å². The molecule has 0 aromatic heterocycles. The first-order valence-electron chi connectivity index (χ1n) is 4.59. The summed E-state index contributed by atoms with van der Waals surface area (Å²) in [5, 5.41) is 12.1. The van der Waals surface area contributed by atoms with Gasteiger partial charge in [0.15, 0.2) is 5.75 Å². The van der Waals surface area contributed by atoms with Crippen LogP contribution in [0.4, 0.5) is 10.1 Å². The highest BCUT2D eigenvalue weighted by atomic mass is 79.9. The Hall–Kier alpha value is -0.520. The van der Waals surface area contributed by atoms with Crippen molar-refractivity contribution in [2.24, 2.45) is 0 Å². The molecule has 16 heavy (non-hydrogen) atoms. The van der Waals surface area contributed by atoms with E-state index in [0.717, 1.165) is 0 Å². The van der Waals surface area contributed by atoms with E-state index in [1.165, 1.54) is 19.2 Å². The number of rotatable bonds is 5. The molecule has 1 rings (SSSR count). The number of methoxy groups -OCH3 is 1. The highest BCUT2D eigenvalue weighted by Crippen LogP contribution is 2.34. The molecule has 0 aliphatic heterocycles. The van der Waals surface area contributed by atoms with Gasteiger partial charge in [-0.3, -0.25) is 0 Å². The zero-order valence-corrected chi connectivity index (χ0v) is 11.0. The minimum atomic E-state index is -0.687. The number of aliphatic hydroxyl groups is 1. The zero-order chi connectivity index (χ0) is 12.1. The van der Waals surface area contributed by atoms with Crippen molar-refractivity contribution in [3.63, 3.8) is 0 Å². The first-order valence-corrected chi connectivity index (χ1v) is 5.92. The number of aliphatic hydroxyl groups excluding tert-OH is 1. The maximum absolute atomic E-state index is 13.1. The van der Waals surface area contributed by atoms with Crippen LogP contribution >= 0.6 is 27.5 Å². The first-order chi connectivity index (χ1) is 7.58. The van der Waals surface area contributed by atoms with E-state index in [1.54, 1.807) is 0 Å². The summed E-state index contributed by atoms with van der Waals surface area (Å²) >= 11 is 8.64. The quantitative estimate of drug-likeness (QED) is 0.821. The lowest BCUT2D eigenvalue weighted by atomic mass is 10.2. The summed E-state index contributed by atoms with van der Waals surface area (Å²) in [5.74, 6) is 0.213. The molecule has 0 amide bonds. The molecule has 0 saturated heterocycles. The highest BCUT2D eigenvalue weighted by molar-refractivity contribution is 9.10. The molecule has 2 N–H and O–H groups in total. The van der Waals surface area contributed by atoms with Gasteiger partial charge in [0, 0.05) is 12.6 Å². The lowest BCUT2D eigenvalue weighted by Crippen LogP contribution is -2.21. The summed E-state index contributed by atoms with van der Waals surface area (Å²) in [5.41, 5.74) is 0.471. The van der Waals surface area contributed by atoms with E-state index < -0.39 is 11.9 Å². The summed E-state index contributed by atoms with van der Waals surface area (Å²) in [6.45, 7) is 0.232. The van der Waals surface area contributed by atoms with Crippen molar-refractivity contribution in [3.8, 4) is 5.75 Å². The minimum Gasteiger partial charge on any atom is -0.493 e. The van der Waals surface area contributed by atoms with Crippen molar-refractivity contribution in [2.45, 2.75) is 6.10 Å². The van der Waals surface area contributed by atoms with Crippen LogP contribution in [-0.4, -0.2) is 30.7 Å². The predicted molar refractivity (Wildman–Crippen MR) is 65.9 cm³/mol. The lowest BCUT2D eigenvalue weighted by Gasteiger charge is -2.14. The number of nitrogens with one attached hydrogen (secondary N) is 1. The van der Waals surface area contributed by atoms with E-state index in [2.05, 4.69) is 21.2 Å². The third kappa shape index (κ3) is 3.50. The van der Waals surface area contributed by atoms with Crippen molar-refractivity contribution < 1.29 is 14.2 Å². The molecule has 0 radical (unpaired) electrons. The number of ether oxygens (including phenoxy) is 1. The van der Waals surface area contributed by atoms with Gasteiger partial charge in [-0.2, -0.15) is 0 Å². The van der Waals surface area contributed by atoms with Gasteiger partial charge >= 0.3 is 0 Å². The van der Waals surface area contributed by atoms with Gasteiger partial charge < -0.3 is 15.2 Å². The van der Waals surface area contributed by atoms with Crippen molar-refractivity contribution >= 4 is 33.2 Å². The normalized spacial score (nSPS) is 12.3. The van der Waals surface area contributed by atoms with Crippen molar-refractivity contribution in [1.29, 1.82) is 0 Å². The van der Waals surface area contributed by atoms with Crippen molar-refractivity contribution in [1.82, 2.24) is 0 Å². The maximum atomic E-state index is 13.1. The molecule has 1 unspecified atom stereocenters. The summed E-state index contributed by atoms with van der Waals surface area (Å²) in [7, 11) is 1.49. The molecule has 0 bridgehead atoms. The first kappa shape index (κ1) is 13.5. The van der Waals surface area contributed by atoms with Crippen LogP contribution in [0.5, 0.6) is 5.75 Å². The second-order valence-electron chi connectivity index (χ2n) is 3.16. The number of hydrogen-bond donors (Lipinski definition) is 2. The van der Waals surface area contributed by atoms with Crippen LogP contribution in [0.25, 0.3) is 0 Å². The Labute approximate surface area is 107 Å². The number of halogens is 3. The molecule has 1 atom stereocenters. The van der Waals surface area contributed by atoms with Crippen LogP contribution in [0.3, 0.4) is 0 Å². The number of anilines is 1. The van der Waals surface area contributed by atoms with Gasteiger partial charge in [0.05, 0.1) is 29.3 Å². The van der Waals surface area contributed by atoms with Crippen LogP contribution in [0, 0.1) is 5.82 Å². The molecule has 90 valence electrons. The van der Waals surface area contributed by atoms with E-state index in [4.69, 9.17) is 16.3 Å². The van der Waals surface area contributed by atoms with Gasteiger partial charge in [0.25, 0.3) is 0 Å². The van der Waals surface area contributed by atoms with Crippen LogP contribution in [0.1, 0.15) is 0 Å². The van der Waals surface area contributed by atoms with E-state index in [-0.39, 0.29) is 12.4 Å². The van der Waals surface area contributed by atoms with Gasteiger partial charge in [-0.05, 0) is 22.0 Å². The second kappa shape index (κ2) is 6.27. The topological polar surface area (TPSA) is 41.5 Å². The lowest BCUT2D eigenvalue weighted by molar-refractivity contribution is 0.211. The molecule has 1 aromatic rings. The number of benzene rings is 1. The SMILES string of the molecule is COc1c(Br)cc(F)cc1NCC(O)CCl. The number of hydrogen-bond acceptors (Lipinski definition) is 3. The largest absolute Gasteiger partial charge is 0.493 e. The fraction of sp³-hybridized carbons (Fsp3) is 0.400. The summed E-state index contributed by atoms with van der Waals surface area (Å²) < 4.78 is 18.8. The Kier molecular flexibility index (Phi) is 5.31. The average Bonchev–Trinajstić information content (AvgIpc) is 2.25. The average molecular weight is 313 g/mol. The molecule has 0 aliphatic rings. The van der Waals surface area contributed by atoms with Crippen molar-refractivity contribution in [3.05, 3.63) is 22.4 Å². The number of alkyl halides is 1. The Morgan fingerprint density at radius 3 is 2.88 bits per heavy atom. The van der Waals surface area contributed by atoms with Crippen LogP contribution in [-0.2, 0) is 0 Å². The summed E-state index contributed by atoms with van der Waals surface area (Å²) in [4.78, 5) is 0. The Balaban J connectivity index is 2.85. The molecule has 0 spiro atoms. The van der Waals surface area contributed by atoms with E-state index in [9.17, 15) is 9.50 Å².